The van der Waals surface area contributed by atoms with Crippen LogP contribution in [-0.4, -0.2) is 23.0 Å². The summed E-state index contributed by atoms with van der Waals surface area (Å²) in [6, 6.07) is 4.28. The highest BCUT2D eigenvalue weighted by molar-refractivity contribution is 5.29. The molecule has 2 nitrogen and oxygen atoms in total. The molecule has 1 aliphatic carbocycles. The highest BCUT2D eigenvalue weighted by Gasteiger charge is 2.13. The lowest BCUT2D eigenvalue weighted by molar-refractivity contribution is 0.220. The third-order valence-corrected chi connectivity index (χ3v) is 4.76. The Balaban J connectivity index is 1.50. The Morgan fingerprint density at radius 3 is 2.57 bits per heavy atom. The van der Waals surface area contributed by atoms with Gasteiger partial charge in [0, 0.05) is 19.2 Å². The van der Waals surface area contributed by atoms with Crippen LogP contribution in [0.25, 0.3) is 0 Å². The van der Waals surface area contributed by atoms with Gasteiger partial charge in [0.1, 0.15) is 5.69 Å². The van der Waals surface area contributed by atoms with Crippen LogP contribution in [0.3, 0.4) is 0 Å². The number of hydrogen-bond acceptors (Lipinski definition) is 2. The standard InChI is InChI=1S/C19H26N2/c1-4-13-21(14-5-1)16-18-11-12-19(20-15-18)10-6-9-17-7-2-3-8-17/h11-12,15,17H,1-5,7-9,13-14,16H2. The number of nitrogens with zero attached hydrogens (tertiary/aromatic N) is 2. The van der Waals surface area contributed by atoms with E-state index >= 15 is 0 Å². The molecule has 1 saturated heterocycles. The van der Waals surface area contributed by atoms with E-state index in [1.54, 1.807) is 0 Å². The summed E-state index contributed by atoms with van der Waals surface area (Å²) >= 11 is 0. The lowest BCUT2D eigenvalue weighted by Crippen LogP contribution is -2.29. The van der Waals surface area contributed by atoms with E-state index in [0.29, 0.717) is 0 Å². The Hall–Kier alpha value is -1.33. The SMILES string of the molecule is C(#Cc1ccc(CN2CCCCC2)cn1)CC1CCCC1. The number of hydrogen-bond donors (Lipinski definition) is 0. The predicted octanol–water partition coefficient (Wildman–Crippen LogP) is 4.00. The molecule has 2 fully saturated rings. The van der Waals surface area contributed by atoms with Crippen molar-refractivity contribution in [3.63, 3.8) is 0 Å². The van der Waals surface area contributed by atoms with Gasteiger partial charge < -0.3 is 0 Å². The summed E-state index contributed by atoms with van der Waals surface area (Å²) in [5.74, 6) is 7.39. The predicted molar refractivity (Wildman–Crippen MR) is 86.8 cm³/mol. The molecule has 0 aromatic carbocycles. The van der Waals surface area contributed by atoms with Gasteiger partial charge in [-0.1, -0.05) is 31.2 Å². The zero-order valence-corrected chi connectivity index (χ0v) is 13.0. The van der Waals surface area contributed by atoms with Gasteiger partial charge in [-0.05, 0) is 62.2 Å². The third kappa shape index (κ3) is 4.58. The maximum absolute atomic E-state index is 4.51. The van der Waals surface area contributed by atoms with Crippen molar-refractivity contribution in [3.8, 4) is 11.8 Å². The number of pyridine rings is 1. The van der Waals surface area contributed by atoms with E-state index in [0.717, 1.165) is 24.6 Å². The summed E-state index contributed by atoms with van der Waals surface area (Å²) in [5.41, 5.74) is 2.24. The van der Waals surface area contributed by atoms with Crippen LogP contribution < -0.4 is 0 Å². The second-order valence-electron chi connectivity index (χ2n) is 6.54. The molecule has 0 unspecified atom stereocenters. The highest BCUT2D eigenvalue weighted by Crippen LogP contribution is 2.26. The fraction of sp³-hybridized carbons (Fsp3) is 0.632. The minimum atomic E-state index is 0.843. The van der Waals surface area contributed by atoms with Crippen LogP contribution in [0.1, 0.15) is 62.6 Å². The molecule has 0 spiro atoms. The van der Waals surface area contributed by atoms with Crippen LogP contribution in [0, 0.1) is 17.8 Å². The third-order valence-electron chi connectivity index (χ3n) is 4.76. The van der Waals surface area contributed by atoms with Gasteiger partial charge in [0.15, 0.2) is 0 Å². The first-order valence-electron chi connectivity index (χ1n) is 8.56. The largest absolute Gasteiger partial charge is 0.299 e. The Bertz CT molecular complexity index is 483. The second-order valence-corrected chi connectivity index (χ2v) is 6.54. The van der Waals surface area contributed by atoms with E-state index in [1.165, 1.54) is 63.6 Å². The maximum Gasteiger partial charge on any atom is 0.113 e. The summed E-state index contributed by atoms with van der Waals surface area (Å²) in [6.45, 7) is 3.52. The van der Waals surface area contributed by atoms with Crippen LogP contribution in [0.4, 0.5) is 0 Å². The molecule has 112 valence electrons. The zero-order chi connectivity index (χ0) is 14.3. The quantitative estimate of drug-likeness (QED) is 0.779. The molecule has 0 N–H and O–H groups in total. The van der Waals surface area contributed by atoms with Crippen molar-refractivity contribution in [1.82, 2.24) is 9.88 Å². The molecule has 21 heavy (non-hydrogen) atoms. The lowest BCUT2D eigenvalue weighted by atomic mass is 10.0. The molecule has 2 aliphatic rings. The minimum Gasteiger partial charge on any atom is -0.299 e. The van der Waals surface area contributed by atoms with Gasteiger partial charge in [0.2, 0.25) is 0 Å². The van der Waals surface area contributed by atoms with Crippen LogP contribution in [0.15, 0.2) is 18.3 Å². The first-order valence-corrected chi connectivity index (χ1v) is 8.56. The van der Waals surface area contributed by atoms with Crippen molar-refractivity contribution in [2.24, 2.45) is 5.92 Å². The van der Waals surface area contributed by atoms with Crippen molar-refractivity contribution in [2.45, 2.75) is 57.9 Å². The summed E-state index contributed by atoms with van der Waals surface area (Å²) in [5, 5.41) is 0. The monoisotopic (exact) mass is 282 g/mol. The average Bonchev–Trinajstić information content (AvgIpc) is 3.03. The molecular formula is C19H26N2. The Morgan fingerprint density at radius 2 is 1.86 bits per heavy atom. The number of aromatic nitrogens is 1. The molecule has 3 rings (SSSR count). The van der Waals surface area contributed by atoms with Gasteiger partial charge >= 0.3 is 0 Å². The van der Waals surface area contributed by atoms with Crippen molar-refractivity contribution in [1.29, 1.82) is 0 Å². The van der Waals surface area contributed by atoms with E-state index in [1.807, 2.05) is 6.20 Å². The molecular weight excluding hydrogens is 256 g/mol. The topological polar surface area (TPSA) is 16.1 Å². The van der Waals surface area contributed by atoms with Crippen LogP contribution >= 0.6 is 0 Å². The summed E-state index contributed by atoms with van der Waals surface area (Å²) < 4.78 is 0. The van der Waals surface area contributed by atoms with E-state index in [4.69, 9.17) is 0 Å². The highest BCUT2D eigenvalue weighted by atomic mass is 15.1. The number of rotatable bonds is 3. The second kappa shape index (κ2) is 7.61. The lowest BCUT2D eigenvalue weighted by Gasteiger charge is -2.26. The van der Waals surface area contributed by atoms with Crippen molar-refractivity contribution < 1.29 is 0 Å². The Kier molecular flexibility index (Phi) is 5.29. The first kappa shape index (κ1) is 14.6. The fourth-order valence-electron chi connectivity index (χ4n) is 3.47. The van der Waals surface area contributed by atoms with Crippen molar-refractivity contribution >= 4 is 0 Å². The molecule has 0 amide bonds. The Morgan fingerprint density at radius 1 is 1.05 bits per heavy atom. The summed E-state index contributed by atoms with van der Waals surface area (Å²) in [6.07, 6.45) is 12.7. The normalized spacial score (nSPS) is 20.2. The fourth-order valence-corrected chi connectivity index (χ4v) is 3.47. The molecule has 0 bridgehead atoms. The van der Waals surface area contributed by atoms with E-state index in [-0.39, 0.29) is 0 Å². The molecule has 0 radical (unpaired) electrons. The summed E-state index contributed by atoms with van der Waals surface area (Å²) in [4.78, 5) is 7.04. The maximum atomic E-state index is 4.51. The van der Waals surface area contributed by atoms with Gasteiger partial charge in [-0.25, -0.2) is 4.98 Å². The molecule has 2 heterocycles. The Labute approximate surface area is 129 Å². The summed E-state index contributed by atoms with van der Waals surface area (Å²) in [7, 11) is 0. The zero-order valence-electron chi connectivity index (χ0n) is 13.0. The van der Waals surface area contributed by atoms with Crippen molar-refractivity contribution in [3.05, 3.63) is 29.6 Å². The minimum absolute atomic E-state index is 0.843. The van der Waals surface area contributed by atoms with E-state index in [9.17, 15) is 0 Å². The molecule has 1 aliphatic heterocycles. The van der Waals surface area contributed by atoms with Gasteiger partial charge in [-0.15, -0.1) is 0 Å². The van der Waals surface area contributed by atoms with Crippen LogP contribution in [0.2, 0.25) is 0 Å². The smallest absolute Gasteiger partial charge is 0.113 e. The first-order chi connectivity index (χ1) is 10.4. The molecule has 1 aromatic heterocycles. The number of piperidine rings is 1. The van der Waals surface area contributed by atoms with E-state index < -0.39 is 0 Å². The van der Waals surface area contributed by atoms with Gasteiger partial charge in [0.05, 0.1) is 0 Å². The molecule has 2 heteroatoms. The molecule has 1 aromatic rings. The van der Waals surface area contributed by atoms with E-state index in [2.05, 4.69) is 33.9 Å². The van der Waals surface area contributed by atoms with Gasteiger partial charge in [-0.3, -0.25) is 4.90 Å². The van der Waals surface area contributed by atoms with Crippen LogP contribution in [-0.2, 0) is 6.54 Å². The molecule has 0 atom stereocenters. The van der Waals surface area contributed by atoms with Gasteiger partial charge in [0.25, 0.3) is 0 Å². The molecule has 1 saturated carbocycles. The average molecular weight is 282 g/mol. The van der Waals surface area contributed by atoms with Gasteiger partial charge in [-0.2, -0.15) is 0 Å². The van der Waals surface area contributed by atoms with Crippen LogP contribution in [0.5, 0.6) is 0 Å². The number of likely N-dealkylation sites (tertiary alicyclic amines) is 1. The van der Waals surface area contributed by atoms with Crippen molar-refractivity contribution in [2.75, 3.05) is 13.1 Å².